The molecular formula is C54H34N2. The fraction of sp³-hybridized carbons (Fsp3) is 0. The van der Waals surface area contributed by atoms with Gasteiger partial charge in [0.1, 0.15) is 0 Å². The van der Waals surface area contributed by atoms with Gasteiger partial charge in [-0.25, -0.2) is 0 Å². The normalized spacial score (nSPS) is 11.9. The number of fused-ring (bicyclic) bond motifs is 9. The number of rotatable bonds is 5. The van der Waals surface area contributed by atoms with Crippen LogP contribution in [0.3, 0.4) is 0 Å². The van der Waals surface area contributed by atoms with Crippen molar-refractivity contribution in [3.05, 3.63) is 206 Å². The van der Waals surface area contributed by atoms with Gasteiger partial charge in [-0.2, -0.15) is 0 Å². The van der Waals surface area contributed by atoms with Crippen LogP contribution in [0.25, 0.3) is 93.2 Å². The van der Waals surface area contributed by atoms with E-state index >= 15 is 0 Å². The van der Waals surface area contributed by atoms with Crippen molar-refractivity contribution in [1.82, 2.24) is 4.57 Å². The van der Waals surface area contributed by atoms with Crippen molar-refractivity contribution in [3.63, 3.8) is 0 Å². The van der Waals surface area contributed by atoms with Gasteiger partial charge in [0, 0.05) is 33.2 Å². The summed E-state index contributed by atoms with van der Waals surface area (Å²) in [5.74, 6) is 0. The third kappa shape index (κ3) is 4.57. The van der Waals surface area contributed by atoms with E-state index in [1.54, 1.807) is 0 Å². The predicted octanol–water partition coefficient (Wildman–Crippen LogP) is 15.0. The number of hydrogen-bond acceptors (Lipinski definition) is 1. The van der Waals surface area contributed by atoms with E-state index in [1.165, 1.54) is 87.5 Å². The number of nitrogens with zero attached hydrogens (tertiary/aromatic N) is 2. The van der Waals surface area contributed by atoms with Crippen LogP contribution >= 0.6 is 0 Å². The Morgan fingerprint density at radius 1 is 0.321 bits per heavy atom. The van der Waals surface area contributed by atoms with Crippen LogP contribution < -0.4 is 4.90 Å². The average molecular weight is 711 g/mol. The van der Waals surface area contributed by atoms with Crippen molar-refractivity contribution < 1.29 is 0 Å². The minimum atomic E-state index is 1.11. The van der Waals surface area contributed by atoms with Crippen molar-refractivity contribution in [2.24, 2.45) is 0 Å². The Kier molecular flexibility index (Phi) is 6.66. The fourth-order valence-corrected chi connectivity index (χ4v) is 9.35. The third-order valence-corrected chi connectivity index (χ3v) is 11.9. The molecule has 260 valence electrons. The molecule has 0 atom stereocenters. The van der Waals surface area contributed by atoms with Crippen molar-refractivity contribution in [3.8, 4) is 39.1 Å². The second-order valence-electron chi connectivity index (χ2n) is 14.9. The molecule has 56 heavy (non-hydrogen) atoms. The molecule has 1 heterocycles. The van der Waals surface area contributed by atoms with Crippen molar-refractivity contribution >= 4 is 71.2 Å². The first kappa shape index (κ1) is 31.0. The van der Waals surface area contributed by atoms with E-state index in [0.717, 1.165) is 22.7 Å². The molecule has 0 unspecified atom stereocenters. The number of aromatic nitrogens is 1. The highest BCUT2D eigenvalue weighted by Crippen LogP contribution is 2.51. The van der Waals surface area contributed by atoms with E-state index in [0.29, 0.717) is 0 Å². The summed E-state index contributed by atoms with van der Waals surface area (Å²) in [6.45, 7) is 0. The minimum absolute atomic E-state index is 1.11. The van der Waals surface area contributed by atoms with Crippen LogP contribution in [0.2, 0.25) is 0 Å². The van der Waals surface area contributed by atoms with E-state index < -0.39 is 0 Å². The number of anilines is 3. The molecule has 0 aliphatic heterocycles. The van der Waals surface area contributed by atoms with Gasteiger partial charge in [0.2, 0.25) is 0 Å². The first-order valence-electron chi connectivity index (χ1n) is 19.3. The van der Waals surface area contributed by atoms with Gasteiger partial charge in [0.15, 0.2) is 0 Å². The van der Waals surface area contributed by atoms with Crippen LogP contribution in [-0.2, 0) is 0 Å². The zero-order valence-electron chi connectivity index (χ0n) is 30.5. The maximum atomic E-state index is 2.45. The molecule has 0 amide bonds. The maximum absolute atomic E-state index is 2.45. The van der Waals surface area contributed by atoms with Gasteiger partial charge in [-0.05, 0) is 115 Å². The largest absolute Gasteiger partial charge is 0.310 e. The lowest BCUT2D eigenvalue weighted by Crippen LogP contribution is -2.11. The highest BCUT2D eigenvalue weighted by Gasteiger charge is 2.25. The van der Waals surface area contributed by atoms with E-state index in [2.05, 4.69) is 216 Å². The van der Waals surface area contributed by atoms with Crippen LogP contribution in [-0.4, -0.2) is 4.57 Å². The van der Waals surface area contributed by atoms with Crippen LogP contribution in [0.1, 0.15) is 0 Å². The molecule has 10 aromatic carbocycles. The molecule has 0 bridgehead atoms. The molecule has 0 spiro atoms. The Balaban J connectivity index is 1.07. The summed E-state index contributed by atoms with van der Waals surface area (Å²) >= 11 is 0. The molecule has 1 aromatic heterocycles. The van der Waals surface area contributed by atoms with Crippen molar-refractivity contribution in [1.29, 1.82) is 0 Å². The Bertz CT molecular complexity index is 3320. The van der Waals surface area contributed by atoms with Gasteiger partial charge in [0.05, 0.1) is 16.7 Å². The number of para-hydroxylation sites is 2. The summed E-state index contributed by atoms with van der Waals surface area (Å²) in [5, 5.41) is 10.1. The maximum Gasteiger partial charge on any atom is 0.0561 e. The summed E-state index contributed by atoms with van der Waals surface area (Å²) in [6, 6.07) is 75.8. The molecule has 2 heteroatoms. The van der Waals surface area contributed by atoms with Crippen LogP contribution in [0.5, 0.6) is 0 Å². The van der Waals surface area contributed by atoms with Crippen LogP contribution in [0.15, 0.2) is 206 Å². The molecule has 0 radical (unpaired) electrons. The topological polar surface area (TPSA) is 8.17 Å². The SMILES string of the molecule is c1ccc(-n2c3ccccc3c3ccc(N(c4ccc(-c5ccc6ccc7ccccc7c6c5)cc4)c4ccc5c6c(cccc46)-c4ccccc4-5)cc32)cc1. The zero-order chi connectivity index (χ0) is 36.7. The number of benzene rings is 10. The predicted molar refractivity (Wildman–Crippen MR) is 238 cm³/mol. The Hall–Kier alpha value is -7.42. The lowest BCUT2D eigenvalue weighted by molar-refractivity contribution is 1.18. The summed E-state index contributed by atoms with van der Waals surface area (Å²) in [6.07, 6.45) is 0. The molecule has 0 fully saturated rings. The zero-order valence-corrected chi connectivity index (χ0v) is 30.5. The van der Waals surface area contributed by atoms with E-state index in [1.807, 2.05) is 0 Å². The lowest BCUT2D eigenvalue weighted by Gasteiger charge is -2.28. The van der Waals surface area contributed by atoms with Crippen molar-refractivity contribution in [2.75, 3.05) is 4.90 Å². The van der Waals surface area contributed by atoms with Gasteiger partial charge >= 0.3 is 0 Å². The smallest absolute Gasteiger partial charge is 0.0561 e. The number of hydrogen-bond donors (Lipinski definition) is 0. The third-order valence-electron chi connectivity index (χ3n) is 11.9. The highest BCUT2D eigenvalue weighted by atomic mass is 15.1. The quantitative estimate of drug-likeness (QED) is 0.161. The highest BCUT2D eigenvalue weighted by molar-refractivity contribution is 6.19. The van der Waals surface area contributed by atoms with Crippen LogP contribution in [0.4, 0.5) is 17.1 Å². The Morgan fingerprint density at radius 3 is 1.77 bits per heavy atom. The fourth-order valence-electron chi connectivity index (χ4n) is 9.35. The second kappa shape index (κ2) is 12.0. The summed E-state index contributed by atoms with van der Waals surface area (Å²) in [4.78, 5) is 2.45. The molecular weight excluding hydrogens is 677 g/mol. The molecule has 0 N–H and O–H groups in total. The molecule has 1 aliphatic carbocycles. The first-order valence-corrected chi connectivity index (χ1v) is 19.3. The summed E-state index contributed by atoms with van der Waals surface area (Å²) in [5.41, 5.74) is 14.5. The van der Waals surface area contributed by atoms with Gasteiger partial charge in [-0.1, -0.05) is 152 Å². The monoisotopic (exact) mass is 710 g/mol. The second-order valence-corrected chi connectivity index (χ2v) is 14.9. The van der Waals surface area contributed by atoms with Crippen molar-refractivity contribution in [2.45, 2.75) is 0 Å². The van der Waals surface area contributed by atoms with E-state index in [-0.39, 0.29) is 0 Å². The van der Waals surface area contributed by atoms with Gasteiger partial charge < -0.3 is 9.47 Å². The lowest BCUT2D eigenvalue weighted by atomic mass is 9.97. The first-order chi connectivity index (χ1) is 27.8. The Morgan fingerprint density at radius 2 is 0.929 bits per heavy atom. The molecule has 2 nitrogen and oxygen atoms in total. The molecule has 12 rings (SSSR count). The van der Waals surface area contributed by atoms with E-state index in [9.17, 15) is 0 Å². The van der Waals surface area contributed by atoms with Gasteiger partial charge in [-0.3, -0.25) is 0 Å². The molecule has 0 saturated heterocycles. The summed E-state index contributed by atoms with van der Waals surface area (Å²) in [7, 11) is 0. The molecule has 1 aliphatic rings. The van der Waals surface area contributed by atoms with Gasteiger partial charge in [-0.15, -0.1) is 0 Å². The Labute approximate surface area is 324 Å². The van der Waals surface area contributed by atoms with Gasteiger partial charge in [0.25, 0.3) is 0 Å². The van der Waals surface area contributed by atoms with E-state index in [4.69, 9.17) is 0 Å². The molecule has 0 saturated carbocycles. The average Bonchev–Trinajstić information content (AvgIpc) is 3.78. The van der Waals surface area contributed by atoms with Crippen LogP contribution in [0, 0.1) is 0 Å². The molecule has 11 aromatic rings. The standard InChI is InChI=1S/C54H34N2/c1-2-12-39(13-3-1)56-51-20-9-8-17-45(51)46-30-29-41(34-53(46)56)55(52-32-31-48-44-16-7-6-15-43(44)47-18-10-19-49(52)54(47)48)40-27-25-35(26-28-40)38-24-23-37-22-21-36-11-4-5-14-42(36)50(37)33-38/h1-34H. The summed E-state index contributed by atoms with van der Waals surface area (Å²) < 4.78 is 2.41. The minimum Gasteiger partial charge on any atom is -0.310 e.